The van der Waals surface area contributed by atoms with Crippen LogP contribution in [0, 0.1) is 0 Å². The van der Waals surface area contributed by atoms with E-state index >= 15 is 0 Å². The number of hydrogen-bond donors (Lipinski definition) is 1. The second kappa shape index (κ2) is 6.96. The Labute approximate surface area is 152 Å². The molecule has 3 aromatic rings. The second-order valence-electron chi connectivity index (χ2n) is 6.27. The molecule has 0 saturated heterocycles. The standard InChI is InChI=1S/C21H20N4O/c1-2-15-7-3-5-9-17(15)22-21(26)18-11-12-20(24-23-18)25-14-13-16-8-4-6-10-19(16)25/h3-12H,2,13-14H2,1H3,(H,22,26). The van der Waals surface area contributed by atoms with Crippen molar-refractivity contribution in [3.63, 3.8) is 0 Å². The van der Waals surface area contributed by atoms with Crippen LogP contribution in [0.1, 0.15) is 28.5 Å². The highest BCUT2D eigenvalue weighted by atomic mass is 16.1. The third-order valence-corrected chi connectivity index (χ3v) is 4.69. The monoisotopic (exact) mass is 344 g/mol. The van der Waals surface area contributed by atoms with Gasteiger partial charge in [0.05, 0.1) is 0 Å². The molecule has 4 rings (SSSR count). The van der Waals surface area contributed by atoms with Crippen molar-refractivity contribution in [1.82, 2.24) is 10.2 Å². The molecule has 1 aromatic heterocycles. The number of carbonyl (C=O) groups is 1. The number of nitrogens with zero attached hydrogens (tertiary/aromatic N) is 3. The number of para-hydroxylation sites is 2. The highest BCUT2D eigenvalue weighted by Gasteiger charge is 2.21. The number of benzene rings is 2. The molecule has 1 aliphatic rings. The van der Waals surface area contributed by atoms with Gasteiger partial charge in [0.1, 0.15) is 0 Å². The van der Waals surface area contributed by atoms with Crippen LogP contribution in [-0.4, -0.2) is 22.6 Å². The quantitative estimate of drug-likeness (QED) is 0.777. The van der Waals surface area contributed by atoms with Crippen LogP contribution in [0.5, 0.6) is 0 Å². The predicted molar refractivity (Wildman–Crippen MR) is 103 cm³/mol. The maximum Gasteiger partial charge on any atom is 0.276 e. The summed E-state index contributed by atoms with van der Waals surface area (Å²) in [5, 5.41) is 11.4. The van der Waals surface area contributed by atoms with Crippen LogP contribution < -0.4 is 10.2 Å². The van der Waals surface area contributed by atoms with Crippen LogP contribution in [0.4, 0.5) is 17.2 Å². The zero-order valence-corrected chi connectivity index (χ0v) is 14.6. The summed E-state index contributed by atoms with van der Waals surface area (Å²) < 4.78 is 0. The fraction of sp³-hybridized carbons (Fsp3) is 0.190. The molecule has 5 nitrogen and oxygen atoms in total. The maximum absolute atomic E-state index is 12.5. The number of nitrogens with one attached hydrogen (secondary N) is 1. The Morgan fingerprint density at radius 2 is 1.85 bits per heavy atom. The fourth-order valence-corrected chi connectivity index (χ4v) is 3.30. The molecule has 0 fully saturated rings. The SMILES string of the molecule is CCc1ccccc1NC(=O)c1ccc(N2CCc3ccccc32)nn1. The van der Waals surface area contributed by atoms with Crippen LogP contribution in [0.3, 0.4) is 0 Å². The highest BCUT2D eigenvalue weighted by molar-refractivity contribution is 6.03. The summed E-state index contributed by atoms with van der Waals surface area (Å²) in [6.07, 6.45) is 1.85. The lowest BCUT2D eigenvalue weighted by Gasteiger charge is -2.17. The smallest absolute Gasteiger partial charge is 0.276 e. The lowest BCUT2D eigenvalue weighted by atomic mass is 10.1. The van der Waals surface area contributed by atoms with Gasteiger partial charge >= 0.3 is 0 Å². The lowest BCUT2D eigenvalue weighted by molar-refractivity contribution is 0.102. The highest BCUT2D eigenvalue weighted by Crippen LogP contribution is 2.32. The topological polar surface area (TPSA) is 58.1 Å². The van der Waals surface area contributed by atoms with Gasteiger partial charge in [-0.2, -0.15) is 0 Å². The van der Waals surface area contributed by atoms with Gasteiger partial charge in [0.2, 0.25) is 0 Å². The predicted octanol–water partition coefficient (Wildman–Crippen LogP) is 3.99. The summed E-state index contributed by atoms with van der Waals surface area (Å²) in [5.74, 6) is 0.521. The Hall–Kier alpha value is -3.21. The molecule has 0 radical (unpaired) electrons. The van der Waals surface area contributed by atoms with Crippen molar-refractivity contribution in [3.8, 4) is 0 Å². The van der Waals surface area contributed by atoms with E-state index in [0.717, 1.165) is 42.1 Å². The molecule has 0 unspecified atom stereocenters. The minimum absolute atomic E-state index is 0.244. The molecule has 26 heavy (non-hydrogen) atoms. The first-order valence-corrected chi connectivity index (χ1v) is 8.84. The molecular weight excluding hydrogens is 324 g/mol. The molecule has 0 saturated carbocycles. The third-order valence-electron chi connectivity index (χ3n) is 4.69. The van der Waals surface area contributed by atoms with E-state index in [1.807, 2.05) is 36.4 Å². The molecule has 1 amide bonds. The number of aromatic nitrogens is 2. The van der Waals surface area contributed by atoms with Gasteiger partial charge in [-0.15, -0.1) is 10.2 Å². The molecule has 2 aromatic carbocycles. The number of amides is 1. The Bertz CT molecular complexity index is 937. The van der Waals surface area contributed by atoms with E-state index in [1.54, 1.807) is 6.07 Å². The van der Waals surface area contributed by atoms with Crippen molar-refractivity contribution in [2.45, 2.75) is 19.8 Å². The Kier molecular flexibility index (Phi) is 4.35. The zero-order chi connectivity index (χ0) is 17.9. The first-order valence-electron chi connectivity index (χ1n) is 8.84. The van der Waals surface area contributed by atoms with Crippen molar-refractivity contribution >= 4 is 23.1 Å². The molecular formula is C21H20N4O. The van der Waals surface area contributed by atoms with E-state index in [4.69, 9.17) is 0 Å². The van der Waals surface area contributed by atoms with Crippen molar-refractivity contribution in [2.75, 3.05) is 16.8 Å². The zero-order valence-electron chi connectivity index (χ0n) is 14.6. The number of fused-ring (bicyclic) bond motifs is 1. The molecule has 0 bridgehead atoms. The average Bonchev–Trinajstić information content (AvgIpc) is 3.12. The molecule has 130 valence electrons. The van der Waals surface area contributed by atoms with Crippen LogP contribution in [0.25, 0.3) is 0 Å². The van der Waals surface area contributed by atoms with E-state index in [2.05, 4.69) is 45.5 Å². The summed E-state index contributed by atoms with van der Waals surface area (Å²) in [5.41, 5.74) is 4.70. The van der Waals surface area contributed by atoms with Crippen molar-refractivity contribution < 1.29 is 4.79 Å². The Morgan fingerprint density at radius 3 is 2.65 bits per heavy atom. The van der Waals surface area contributed by atoms with Gasteiger partial charge in [-0.1, -0.05) is 43.3 Å². The van der Waals surface area contributed by atoms with Gasteiger partial charge in [-0.25, -0.2) is 0 Å². The first-order chi connectivity index (χ1) is 12.8. The first kappa shape index (κ1) is 16.3. The summed E-state index contributed by atoms with van der Waals surface area (Å²) in [6.45, 7) is 2.94. The maximum atomic E-state index is 12.5. The van der Waals surface area contributed by atoms with Crippen molar-refractivity contribution in [1.29, 1.82) is 0 Å². The van der Waals surface area contributed by atoms with E-state index < -0.39 is 0 Å². The fourth-order valence-electron chi connectivity index (χ4n) is 3.30. The number of rotatable bonds is 4. The summed E-state index contributed by atoms with van der Waals surface area (Å²) in [4.78, 5) is 14.6. The summed E-state index contributed by atoms with van der Waals surface area (Å²) in [7, 11) is 0. The second-order valence-corrected chi connectivity index (χ2v) is 6.27. The van der Waals surface area contributed by atoms with Crippen molar-refractivity contribution in [3.05, 3.63) is 77.5 Å². The minimum atomic E-state index is -0.244. The normalized spacial score (nSPS) is 12.7. The minimum Gasteiger partial charge on any atom is -0.324 e. The van der Waals surface area contributed by atoms with Gasteiger partial charge < -0.3 is 10.2 Å². The molecule has 1 aliphatic heterocycles. The third kappa shape index (κ3) is 3.04. The number of anilines is 3. The Morgan fingerprint density at radius 1 is 1.04 bits per heavy atom. The van der Waals surface area contributed by atoms with Crippen LogP contribution >= 0.6 is 0 Å². The Balaban J connectivity index is 1.52. The molecule has 1 N–H and O–H groups in total. The summed E-state index contributed by atoms with van der Waals surface area (Å²) >= 11 is 0. The van der Waals surface area contributed by atoms with Gasteiger partial charge in [-0.05, 0) is 48.2 Å². The van der Waals surface area contributed by atoms with E-state index in [1.165, 1.54) is 5.56 Å². The average molecular weight is 344 g/mol. The van der Waals surface area contributed by atoms with E-state index in [9.17, 15) is 4.79 Å². The molecule has 2 heterocycles. The van der Waals surface area contributed by atoms with Gasteiger partial charge in [0.25, 0.3) is 5.91 Å². The number of aryl methyl sites for hydroxylation is 1. The van der Waals surface area contributed by atoms with Crippen LogP contribution in [0.2, 0.25) is 0 Å². The molecule has 0 spiro atoms. The van der Waals surface area contributed by atoms with E-state index in [0.29, 0.717) is 5.69 Å². The van der Waals surface area contributed by atoms with Crippen LogP contribution in [-0.2, 0) is 12.8 Å². The van der Waals surface area contributed by atoms with Gasteiger partial charge in [0.15, 0.2) is 11.5 Å². The number of hydrogen-bond acceptors (Lipinski definition) is 4. The summed E-state index contributed by atoms with van der Waals surface area (Å²) in [6, 6.07) is 19.7. The molecule has 0 aliphatic carbocycles. The molecule has 0 atom stereocenters. The molecule has 5 heteroatoms. The van der Waals surface area contributed by atoms with Crippen LogP contribution in [0.15, 0.2) is 60.7 Å². The van der Waals surface area contributed by atoms with Gasteiger partial charge in [-0.3, -0.25) is 4.79 Å². The van der Waals surface area contributed by atoms with E-state index in [-0.39, 0.29) is 5.91 Å². The number of carbonyl (C=O) groups excluding carboxylic acids is 1. The van der Waals surface area contributed by atoms with Crippen molar-refractivity contribution in [2.24, 2.45) is 0 Å². The largest absolute Gasteiger partial charge is 0.324 e. The lowest BCUT2D eigenvalue weighted by Crippen LogP contribution is -2.18. The van der Waals surface area contributed by atoms with Gasteiger partial charge in [0, 0.05) is 17.9 Å².